The van der Waals surface area contributed by atoms with Crippen molar-refractivity contribution in [2.24, 2.45) is 17.3 Å². The molecule has 0 aromatic heterocycles. The molecule has 0 radical (unpaired) electrons. The molecule has 3 aliphatic rings. The Kier molecular flexibility index (Phi) is 10.0. The number of hydrogen-bond acceptors (Lipinski definition) is 7. The van der Waals surface area contributed by atoms with Crippen molar-refractivity contribution in [3.8, 4) is 0 Å². The molecule has 41 heavy (non-hydrogen) atoms. The quantitative estimate of drug-likeness (QED) is 0.190. The minimum absolute atomic E-state index is 0.0887. The van der Waals surface area contributed by atoms with E-state index in [1.165, 1.54) is 0 Å². The monoisotopic (exact) mass is 571 g/mol. The van der Waals surface area contributed by atoms with Gasteiger partial charge in [0.05, 0.1) is 17.4 Å². The van der Waals surface area contributed by atoms with Crippen molar-refractivity contribution >= 4 is 23.9 Å². The fraction of sp³-hybridized carbons (Fsp3) is 0.700. The summed E-state index contributed by atoms with van der Waals surface area (Å²) in [5.41, 5.74) is 1.77. The highest BCUT2D eigenvalue weighted by Gasteiger charge is 2.39. The molecular weight excluding hydrogens is 526 g/mol. The van der Waals surface area contributed by atoms with Crippen LogP contribution >= 0.6 is 0 Å². The molecule has 2 atom stereocenters. The largest absolute Gasteiger partial charge is 0.344 e. The van der Waals surface area contributed by atoms with Gasteiger partial charge in [0.25, 0.3) is 5.69 Å². The first kappa shape index (κ1) is 30.9. The van der Waals surface area contributed by atoms with Crippen molar-refractivity contribution in [1.29, 1.82) is 0 Å². The van der Waals surface area contributed by atoms with Crippen LogP contribution in [0.1, 0.15) is 76.8 Å². The van der Waals surface area contributed by atoms with E-state index in [2.05, 4.69) is 10.2 Å². The summed E-state index contributed by atoms with van der Waals surface area (Å²) in [5.74, 6) is -0.602. The lowest BCUT2D eigenvalue weighted by atomic mass is 9.84. The number of carbonyl (C=O) groups excluding carboxylic acids is 3. The number of non-ortho nitro benzene ring substituents is 1. The predicted molar refractivity (Wildman–Crippen MR) is 153 cm³/mol. The number of nitro benzene ring substituents is 1. The number of nitro groups is 1. The van der Waals surface area contributed by atoms with Gasteiger partial charge in [-0.15, -0.1) is 0 Å². The van der Waals surface area contributed by atoms with Crippen LogP contribution in [0, 0.1) is 27.4 Å². The molecule has 11 nitrogen and oxygen atoms in total. The van der Waals surface area contributed by atoms with Gasteiger partial charge in [0.15, 0.2) is 0 Å². The molecule has 1 saturated heterocycles. The Morgan fingerprint density at radius 3 is 2.44 bits per heavy atom. The SMILES string of the molecule is CC(C)(C)[C@H](NC(=O)[C@H](CC1CCCC1)CN(O)C=O)C(=O)N1CCC(N2CCc3cc([N+](=O)[O-])ccc3C2)CC1. The summed E-state index contributed by atoms with van der Waals surface area (Å²) in [6, 6.07) is 4.71. The molecule has 1 aliphatic carbocycles. The van der Waals surface area contributed by atoms with Gasteiger partial charge in [-0.1, -0.05) is 52.5 Å². The van der Waals surface area contributed by atoms with Gasteiger partial charge in [0.1, 0.15) is 6.04 Å². The maximum Gasteiger partial charge on any atom is 0.269 e. The Labute approximate surface area is 242 Å². The van der Waals surface area contributed by atoms with E-state index in [4.69, 9.17) is 0 Å². The molecule has 0 unspecified atom stereocenters. The summed E-state index contributed by atoms with van der Waals surface area (Å²) in [7, 11) is 0. The third kappa shape index (κ3) is 7.82. The van der Waals surface area contributed by atoms with E-state index in [9.17, 15) is 29.7 Å². The van der Waals surface area contributed by atoms with Gasteiger partial charge in [0.2, 0.25) is 18.2 Å². The van der Waals surface area contributed by atoms with Crippen LogP contribution in [0.4, 0.5) is 5.69 Å². The average Bonchev–Trinajstić information content (AvgIpc) is 3.47. The molecule has 2 aliphatic heterocycles. The number of benzene rings is 1. The molecule has 1 aromatic carbocycles. The number of likely N-dealkylation sites (tertiary alicyclic amines) is 1. The number of nitrogens with one attached hydrogen (secondary N) is 1. The van der Waals surface area contributed by atoms with Gasteiger partial charge >= 0.3 is 0 Å². The number of hydroxylamine groups is 2. The lowest BCUT2D eigenvalue weighted by Crippen LogP contribution is -2.58. The van der Waals surface area contributed by atoms with Gasteiger partial charge in [-0.2, -0.15) is 0 Å². The standard InChI is InChI=1S/C30H45N5O6/c1-30(2,3)27(31-28(37)24(19-34(39)20-36)16-21-6-4-5-7-21)29(38)32-14-11-25(12-15-32)33-13-10-22-17-26(35(40)41)9-8-23(22)18-33/h8-9,17,20-21,24-25,27,39H,4-7,10-16,18-19H2,1-3H3,(H,31,37)/t24-,27-/m1/s1. The van der Waals surface area contributed by atoms with Crippen LogP contribution in [0.25, 0.3) is 0 Å². The fourth-order valence-corrected chi connectivity index (χ4v) is 6.71. The number of piperidine rings is 1. The van der Waals surface area contributed by atoms with E-state index in [1.54, 1.807) is 12.1 Å². The van der Waals surface area contributed by atoms with Gasteiger partial charge in [0, 0.05) is 44.4 Å². The van der Waals surface area contributed by atoms with Gasteiger partial charge < -0.3 is 10.2 Å². The molecule has 2 N–H and O–H groups in total. The zero-order chi connectivity index (χ0) is 29.7. The first-order valence-electron chi connectivity index (χ1n) is 15.0. The Bertz CT molecular complexity index is 1110. The summed E-state index contributed by atoms with van der Waals surface area (Å²) in [4.78, 5) is 53.4. The van der Waals surface area contributed by atoms with Crippen LogP contribution in [0.5, 0.6) is 0 Å². The molecule has 2 heterocycles. The number of nitrogens with zero attached hydrogens (tertiary/aromatic N) is 4. The first-order valence-corrected chi connectivity index (χ1v) is 15.0. The third-order valence-corrected chi connectivity index (χ3v) is 9.13. The Balaban J connectivity index is 1.36. The molecule has 3 amide bonds. The van der Waals surface area contributed by atoms with Crippen molar-refractivity contribution in [2.75, 3.05) is 26.2 Å². The van der Waals surface area contributed by atoms with Crippen molar-refractivity contribution in [2.45, 2.75) is 90.8 Å². The van der Waals surface area contributed by atoms with Gasteiger partial charge in [-0.05, 0) is 48.1 Å². The highest BCUT2D eigenvalue weighted by Crippen LogP contribution is 2.32. The predicted octanol–water partition coefficient (Wildman–Crippen LogP) is 3.52. The van der Waals surface area contributed by atoms with Crippen LogP contribution < -0.4 is 5.32 Å². The zero-order valence-corrected chi connectivity index (χ0v) is 24.6. The zero-order valence-electron chi connectivity index (χ0n) is 24.6. The number of hydrogen-bond donors (Lipinski definition) is 2. The second-order valence-corrected chi connectivity index (χ2v) is 13.1. The summed E-state index contributed by atoms with van der Waals surface area (Å²) in [5, 5.41) is 24.5. The van der Waals surface area contributed by atoms with E-state index >= 15 is 0 Å². The minimum Gasteiger partial charge on any atom is -0.344 e. The smallest absolute Gasteiger partial charge is 0.269 e. The Hall–Kier alpha value is -3.05. The van der Waals surface area contributed by atoms with E-state index in [1.807, 2.05) is 31.7 Å². The van der Waals surface area contributed by atoms with Crippen LogP contribution in [-0.2, 0) is 27.3 Å². The van der Waals surface area contributed by atoms with Crippen molar-refractivity contribution < 1.29 is 24.5 Å². The Morgan fingerprint density at radius 1 is 1.15 bits per heavy atom. The number of rotatable bonds is 10. The molecule has 1 aromatic rings. The number of carbonyl (C=O) groups is 3. The molecule has 226 valence electrons. The molecular formula is C30H45N5O6. The molecule has 0 spiro atoms. The highest BCUT2D eigenvalue weighted by atomic mass is 16.6. The van der Waals surface area contributed by atoms with E-state index in [-0.39, 0.29) is 29.0 Å². The van der Waals surface area contributed by atoms with Crippen molar-refractivity contribution in [3.05, 3.63) is 39.4 Å². The molecule has 1 saturated carbocycles. The van der Waals surface area contributed by atoms with Crippen LogP contribution in [0.3, 0.4) is 0 Å². The second kappa shape index (κ2) is 13.3. The molecule has 0 bridgehead atoms. The topological polar surface area (TPSA) is 136 Å². The summed E-state index contributed by atoms with van der Waals surface area (Å²) < 4.78 is 0. The van der Waals surface area contributed by atoms with Crippen molar-refractivity contribution in [1.82, 2.24) is 20.2 Å². The Morgan fingerprint density at radius 2 is 1.83 bits per heavy atom. The average molecular weight is 572 g/mol. The van der Waals surface area contributed by atoms with E-state index in [0.29, 0.717) is 42.9 Å². The maximum absolute atomic E-state index is 13.8. The molecule has 2 fully saturated rings. The van der Waals surface area contributed by atoms with E-state index < -0.39 is 17.4 Å². The van der Waals surface area contributed by atoms with Crippen LogP contribution in [0.2, 0.25) is 0 Å². The maximum atomic E-state index is 13.8. The van der Waals surface area contributed by atoms with E-state index in [0.717, 1.165) is 69.2 Å². The van der Waals surface area contributed by atoms with Crippen LogP contribution in [-0.4, -0.2) is 81.5 Å². The second-order valence-electron chi connectivity index (χ2n) is 13.1. The molecule has 11 heteroatoms. The summed E-state index contributed by atoms with van der Waals surface area (Å²) >= 11 is 0. The third-order valence-electron chi connectivity index (χ3n) is 9.13. The molecule has 4 rings (SSSR count). The summed E-state index contributed by atoms with van der Waals surface area (Å²) in [6.07, 6.45) is 7.64. The first-order chi connectivity index (χ1) is 19.5. The normalized spacial score (nSPS) is 20.2. The fourth-order valence-electron chi connectivity index (χ4n) is 6.71. The van der Waals surface area contributed by atoms with Crippen molar-refractivity contribution in [3.63, 3.8) is 0 Å². The number of fused-ring (bicyclic) bond motifs is 1. The highest BCUT2D eigenvalue weighted by molar-refractivity contribution is 5.89. The van der Waals surface area contributed by atoms with Gasteiger partial charge in [-0.3, -0.25) is 34.6 Å². The summed E-state index contributed by atoms with van der Waals surface area (Å²) in [6.45, 7) is 8.49. The van der Waals surface area contributed by atoms with Crippen LogP contribution in [0.15, 0.2) is 18.2 Å². The van der Waals surface area contributed by atoms with Gasteiger partial charge in [-0.25, -0.2) is 5.06 Å². The lowest BCUT2D eigenvalue weighted by Gasteiger charge is -2.42. The lowest BCUT2D eigenvalue weighted by molar-refractivity contribution is -0.384. The minimum atomic E-state index is -0.723. The number of amides is 3.